The number of hydrazone groups is 1. The highest BCUT2D eigenvalue weighted by atomic mass is 16.5. The Hall–Kier alpha value is -3.60. The molecule has 0 aliphatic rings. The molecule has 0 radical (unpaired) electrons. The smallest absolute Gasteiger partial charge is 0.275 e. The molecular weight excluding hydrogens is 340 g/mol. The number of carbonyl (C=O) groups excluding carboxylic acids is 1. The standard InChI is InChI=1S/C22H20N2O3/c1-26-21-10-6-5-9-20(21)22(25)24-23-15-17-11-13-19(14-12-17)27-16-18-7-3-2-4-8-18/h2-15H,16H2,1H3,(H,24,25)/b23-15+. The average Bonchev–Trinajstić information content (AvgIpc) is 2.73. The number of nitrogens with zero attached hydrogens (tertiary/aromatic N) is 1. The number of ether oxygens (including phenoxy) is 2. The summed E-state index contributed by atoms with van der Waals surface area (Å²) in [6.45, 7) is 0.517. The van der Waals surface area contributed by atoms with Gasteiger partial charge in [-0.1, -0.05) is 42.5 Å². The predicted octanol–water partition coefficient (Wildman–Crippen LogP) is 4.04. The first-order valence-electron chi connectivity index (χ1n) is 8.49. The molecule has 0 saturated heterocycles. The van der Waals surface area contributed by atoms with Crippen LogP contribution in [-0.2, 0) is 6.61 Å². The van der Waals surface area contributed by atoms with E-state index in [9.17, 15) is 4.79 Å². The Kier molecular flexibility index (Phi) is 6.20. The van der Waals surface area contributed by atoms with Crippen molar-refractivity contribution in [3.05, 3.63) is 95.6 Å². The maximum absolute atomic E-state index is 12.2. The minimum atomic E-state index is -0.327. The van der Waals surface area contributed by atoms with E-state index in [0.29, 0.717) is 17.9 Å². The van der Waals surface area contributed by atoms with Crippen LogP contribution >= 0.6 is 0 Å². The minimum absolute atomic E-state index is 0.327. The van der Waals surface area contributed by atoms with E-state index in [1.165, 1.54) is 7.11 Å². The van der Waals surface area contributed by atoms with Gasteiger partial charge in [0.05, 0.1) is 18.9 Å². The molecule has 0 atom stereocenters. The first-order valence-corrected chi connectivity index (χ1v) is 8.49. The molecule has 5 heteroatoms. The Morgan fingerprint density at radius 2 is 1.67 bits per heavy atom. The van der Waals surface area contributed by atoms with Gasteiger partial charge in [-0.25, -0.2) is 5.43 Å². The average molecular weight is 360 g/mol. The summed E-state index contributed by atoms with van der Waals surface area (Å²) < 4.78 is 10.9. The number of amides is 1. The Morgan fingerprint density at radius 3 is 2.41 bits per heavy atom. The van der Waals surface area contributed by atoms with E-state index in [4.69, 9.17) is 9.47 Å². The van der Waals surface area contributed by atoms with Crippen LogP contribution < -0.4 is 14.9 Å². The van der Waals surface area contributed by atoms with Gasteiger partial charge in [-0.05, 0) is 47.5 Å². The fourth-order valence-electron chi connectivity index (χ4n) is 2.45. The van der Waals surface area contributed by atoms with Gasteiger partial charge in [0.1, 0.15) is 18.1 Å². The second-order valence-electron chi connectivity index (χ2n) is 5.74. The Labute approximate surface area is 158 Å². The van der Waals surface area contributed by atoms with Gasteiger partial charge in [0.15, 0.2) is 0 Å². The summed E-state index contributed by atoms with van der Waals surface area (Å²) in [6.07, 6.45) is 1.58. The lowest BCUT2D eigenvalue weighted by molar-refractivity contribution is 0.0952. The number of para-hydroxylation sites is 1. The summed E-state index contributed by atoms with van der Waals surface area (Å²) in [7, 11) is 1.52. The molecule has 0 aromatic heterocycles. The minimum Gasteiger partial charge on any atom is -0.496 e. The lowest BCUT2D eigenvalue weighted by Crippen LogP contribution is -2.18. The van der Waals surface area contributed by atoms with E-state index >= 15 is 0 Å². The zero-order valence-electron chi connectivity index (χ0n) is 15.0. The molecule has 0 heterocycles. The third-order valence-electron chi connectivity index (χ3n) is 3.86. The van der Waals surface area contributed by atoms with Crippen LogP contribution in [0.1, 0.15) is 21.5 Å². The topological polar surface area (TPSA) is 59.9 Å². The molecular formula is C22H20N2O3. The maximum atomic E-state index is 12.2. The van der Waals surface area contributed by atoms with E-state index in [0.717, 1.165) is 16.9 Å². The van der Waals surface area contributed by atoms with E-state index < -0.39 is 0 Å². The van der Waals surface area contributed by atoms with Crippen LogP contribution in [0.25, 0.3) is 0 Å². The summed E-state index contributed by atoms with van der Waals surface area (Å²) in [5.41, 5.74) is 4.90. The fourth-order valence-corrected chi connectivity index (χ4v) is 2.45. The van der Waals surface area contributed by atoms with E-state index in [1.807, 2.05) is 54.6 Å². The normalized spacial score (nSPS) is 10.6. The number of benzene rings is 3. The van der Waals surface area contributed by atoms with Crippen molar-refractivity contribution >= 4 is 12.1 Å². The molecule has 0 spiro atoms. The molecule has 3 aromatic rings. The van der Waals surface area contributed by atoms with Crippen LogP contribution in [0.2, 0.25) is 0 Å². The Balaban J connectivity index is 1.54. The monoisotopic (exact) mass is 360 g/mol. The highest BCUT2D eigenvalue weighted by molar-refractivity contribution is 5.97. The lowest BCUT2D eigenvalue weighted by Gasteiger charge is -2.07. The van der Waals surface area contributed by atoms with Crippen LogP contribution in [0.4, 0.5) is 0 Å². The maximum Gasteiger partial charge on any atom is 0.275 e. The number of rotatable bonds is 7. The number of hydrogen-bond donors (Lipinski definition) is 1. The van der Waals surface area contributed by atoms with Gasteiger partial charge in [0, 0.05) is 0 Å². The summed E-state index contributed by atoms with van der Waals surface area (Å²) >= 11 is 0. The van der Waals surface area contributed by atoms with Crippen molar-refractivity contribution in [3.63, 3.8) is 0 Å². The van der Waals surface area contributed by atoms with Crippen molar-refractivity contribution in [2.75, 3.05) is 7.11 Å². The highest BCUT2D eigenvalue weighted by Crippen LogP contribution is 2.17. The molecule has 0 bridgehead atoms. The molecule has 1 N–H and O–H groups in total. The van der Waals surface area contributed by atoms with Crippen molar-refractivity contribution in [2.24, 2.45) is 5.10 Å². The summed E-state index contributed by atoms with van der Waals surface area (Å²) in [6, 6.07) is 24.5. The van der Waals surface area contributed by atoms with Crippen LogP contribution in [-0.4, -0.2) is 19.2 Å². The van der Waals surface area contributed by atoms with E-state index in [2.05, 4.69) is 10.5 Å². The molecule has 0 saturated carbocycles. The van der Waals surface area contributed by atoms with Gasteiger partial charge in [0.2, 0.25) is 0 Å². The summed E-state index contributed by atoms with van der Waals surface area (Å²) in [4.78, 5) is 12.2. The molecule has 3 aromatic carbocycles. The molecule has 3 rings (SSSR count). The predicted molar refractivity (Wildman–Crippen MR) is 105 cm³/mol. The molecule has 0 aliphatic carbocycles. The fraction of sp³-hybridized carbons (Fsp3) is 0.0909. The molecule has 5 nitrogen and oxygen atoms in total. The zero-order valence-corrected chi connectivity index (χ0v) is 15.0. The summed E-state index contributed by atoms with van der Waals surface area (Å²) in [5, 5.41) is 4.00. The second kappa shape index (κ2) is 9.20. The third-order valence-corrected chi connectivity index (χ3v) is 3.86. The quantitative estimate of drug-likeness (QED) is 0.511. The van der Waals surface area contributed by atoms with Crippen molar-refractivity contribution in [2.45, 2.75) is 6.61 Å². The second-order valence-corrected chi connectivity index (χ2v) is 5.74. The van der Waals surface area contributed by atoms with Crippen molar-refractivity contribution in [1.29, 1.82) is 0 Å². The SMILES string of the molecule is COc1ccccc1C(=O)N/N=C/c1ccc(OCc2ccccc2)cc1. The van der Waals surface area contributed by atoms with E-state index in [-0.39, 0.29) is 5.91 Å². The zero-order chi connectivity index (χ0) is 18.9. The Morgan fingerprint density at radius 1 is 0.963 bits per heavy atom. The third kappa shape index (κ3) is 5.19. The van der Waals surface area contributed by atoms with Gasteiger partial charge in [-0.3, -0.25) is 4.79 Å². The van der Waals surface area contributed by atoms with Crippen LogP contribution in [0, 0.1) is 0 Å². The number of carbonyl (C=O) groups is 1. The van der Waals surface area contributed by atoms with Gasteiger partial charge in [-0.15, -0.1) is 0 Å². The lowest BCUT2D eigenvalue weighted by atomic mass is 10.2. The van der Waals surface area contributed by atoms with Gasteiger partial charge in [-0.2, -0.15) is 5.10 Å². The number of methoxy groups -OCH3 is 1. The first-order chi connectivity index (χ1) is 13.3. The molecule has 0 aliphatic heterocycles. The van der Waals surface area contributed by atoms with Gasteiger partial charge in [0.25, 0.3) is 5.91 Å². The molecule has 27 heavy (non-hydrogen) atoms. The van der Waals surface area contributed by atoms with Crippen molar-refractivity contribution in [3.8, 4) is 11.5 Å². The van der Waals surface area contributed by atoms with Crippen molar-refractivity contribution < 1.29 is 14.3 Å². The van der Waals surface area contributed by atoms with Crippen molar-refractivity contribution in [1.82, 2.24) is 5.43 Å². The van der Waals surface area contributed by atoms with Crippen LogP contribution in [0.15, 0.2) is 84.0 Å². The first kappa shape index (κ1) is 18.2. The molecule has 0 fully saturated rings. The van der Waals surface area contributed by atoms with Gasteiger partial charge < -0.3 is 9.47 Å². The van der Waals surface area contributed by atoms with E-state index in [1.54, 1.807) is 30.5 Å². The van der Waals surface area contributed by atoms with Gasteiger partial charge >= 0.3 is 0 Å². The molecule has 0 unspecified atom stereocenters. The Bertz CT molecular complexity index is 906. The summed E-state index contributed by atoms with van der Waals surface area (Å²) in [5.74, 6) is 0.950. The molecule has 136 valence electrons. The largest absolute Gasteiger partial charge is 0.496 e. The number of hydrogen-bond acceptors (Lipinski definition) is 4. The highest BCUT2D eigenvalue weighted by Gasteiger charge is 2.09. The van der Waals surface area contributed by atoms with Crippen LogP contribution in [0.3, 0.4) is 0 Å². The molecule has 1 amide bonds. The number of nitrogens with one attached hydrogen (secondary N) is 1. The van der Waals surface area contributed by atoms with Crippen LogP contribution in [0.5, 0.6) is 11.5 Å².